The second-order valence-corrected chi connectivity index (χ2v) is 10.8. The van der Waals surface area contributed by atoms with Crippen LogP contribution in [0.1, 0.15) is 51.9 Å². The third-order valence-electron chi connectivity index (χ3n) is 7.34. The second-order valence-electron chi connectivity index (χ2n) is 9.65. The molecule has 0 aromatic rings. The van der Waals surface area contributed by atoms with Crippen molar-refractivity contribution in [2.75, 3.05) is 32.8 Å². The summed E-state index contributed by atoms with van der Waals surface area (Å²) < 4.78 is 12.0. The highest BCUT2D eigenvalue weighted by atomic mass is 79.9. The van der Waals surface area contributed by atoms with Crippen molar-refractivity contribution in [1.82, 2.24) is 9.80 Å². The fourth-order valence-corrected chi connectivity index (χ4v) is 6.73. The summed E-state index contributed by atoms with van der Waals surface area (Å²) in [5.74, 6) is -2.43. The first kappa shape index (κ1) is 27.9. The zero-order valence-corrected chi connectivity index (χ0v) is 22.3. The summed E-state index contributed by atoms with van der Waals surface area (Å²) in [5, 5.41) is 9.46. The molecule has 0 aliphatic carbocycles. The minimum Gasteiger partial charge on any atom is -0.465 e. The molecule has 8 nitrogen and oxygen atoms in total. The number of nitrogens with zero attached hydrogens (tertiary/aromatic N) is 2. The SMILES string of the molecule is C=CCCCCOC(=O)[C@H]1[C@@H]2OC3(CC2Br)C(C(=O)N(CC=C)CCCC)N(CCCO)C(=O)[C@H]13. The van der Waals surface area contributed by atoms with Gasteiger partial charge in [-0.05, 0) is 38.5 Å². The fraction of sp³-hybridized carbons (Fsp3) is 0.731. The van der Waals surface area contributed by atoms with E-state index >= 15 is 0 Å². The largest absolute Gasteiger partial charge is 0.465 e. The van der Waals surface area contributed by atoms with Crippen molar-refractivity contribution in [2.45, 2.75) is 74.4 Å². The van der Waals surface area contributed by atoms with Gasteiger partial charge in [0, 0.05) is 31.1 Å². The average molecular weight is 556 g/mol. The molecule has 9 heteroatoms. The number of hydrogen-bond acceptors (Lipinski definition) is 6. The number of ether oxygens (including phenoxy) is 2. The first-order chi connectivity index (χ1) is 16.9. The molecule has 0 radical (unpaired) electrons. The third-order valence-corrected chi connectivity index (χ3v) is 8.19. The van der Waals surface area contributed by atoms with Gasteiger partial charge in [0.25, 0.3) is 0 Å². The van der Waals surface area contributed by atoms with Gasteiger partial charge in [0.1, 0.15) is 11.6 Å². The number of fused-ring (bicyclic) bond motifs is 1. The van der Waals surface area contributed by atoms with E-state index in [0.717, 1.165) is 32.1 Å². The first-order valence-corrected chi connectivity index (χ1v) is 13.7. The molecule has 0 aromatic carbocycles. The molecule has 196 valence electrons. The standard InChI is InChI=1S/C26H39BrN2O6/c1-4-7-9-10-16-34-25(33)19-20-23(31)29(14-11-15-30)22(26(20)17-18(27)21(19)35-26)24(32)28(12-6-3)13-8-5-2/h4,6,18-22,30H,1,3,5,7-17H2,2H3/t18?,19-,20+,21-,22?,26?/m1/s1. The molecule has 1 spiro atoms. The van der Waals surface area contributed by atoms with Crippen molar-refractivity contribution < 1.29 is 29.0 Å². The Morgan fingerprint density at radius 2 is 2.06 bits per heavy atom. The minimum atomic E-state index is -1.10. The number of rotatable bonds is 15. The van der Waals surface area contributed by atoms with E-state index in [4.69, 9.17) is 9.47 Å². The lowest BCUT2D eigenvalue weighted by Gasteiger charge is -2.37. The molecule has 3 unspecified atom stereocenters. The van der Waals surface area contributed by atoms with Gasteiger partial charge in [-0.25, -0.2) is 0 Å². The van der Waals surface area contributed by atoms with E-state index in [0.29, 0.717) is 25.9 Å². The van der Waals surface area contributed by atoms with E-state index in [1.807, 2.05) is 6.08 Å². The first-order valence-electron chi connectivity index (χ1n) is 12.8. The Morgan fingerprint density at radius 1 is 1.29 bits per heavy atom. The maximum atomic E-state index is 13.9. The number of halogens is 1. The van der Waals surface area contributed by atoms with Crippen LogP contribution in [0.2, 0.25) is 0 Å². The smallest absolute Gasteiger partial charge is 0.312 e. The van der Waals surface area contributed by atoms with Crippen LogP contribution in [0, 0.1) is 11.8 Å². The van der Waals surface area contributed by atoms with E-state index in [2.05, 4.69) is 36.0 Å². The molecule has 3 aliphatic rings. The summed E-state index contributed by atoms with van der Waals surface area (Å²) >= 11 is 3.66. The molecule has 0 aromatic heterocycles. The predicted octanol–water partition coefficient (Wildman–Crippen LogP) is 2.83. The van der Waals surface area contributed by atoms with E-state index < -0.39 is 35.6 Å². The van der Waals surface area contributed by atoms with Crippen LogP contribution in [0.25, 0.3) is 0 Å². The lowest BCUT2D eigenvalue weighted by molar-refractivity contribution is -0.155. The second kappa shape index (κ2) is 12.5. The summed E-state index contributed by atoms with van der Waals surface area (Å²) in [5.41, 5.74) is -1.10. The Morgan fingerprint density at radius 3 is 2.71 bits per heavy atom. The maximum Gasteiger partial charge on any atom is 0.312 e. The number of aliphatic hydroxyl groups excluding tert-OH is 1. The number of esters is 1. The Labute approximate surface area is 216 Å². The van der Waals surface area contributed by atoms with Gasteiger partial charge in [0.15, 0.2) is 0 Å². The van der Waals surface area contributed by atoms with Crippen LogP contribution < -0.4 is 0 Å². The van der Waals surface area contributed by atoms with Crippen LogP contribution in [0.3, 0.4) is 0 Å². The van der Waals surface area contributed by atoms with Crippen LogP contribution in [0.5, 0.6) is 0 Å². The molecule has 3 fully saturated rings. The summed E-state index contributed by atoms with van der Waals surface area (Å²) in [6.45, 7) is 10.9. The molecule has 35 heavy (non-hydrogen) atoms. The van der Waals surface area contributed by atoms with Gasteiger partial charge in [-0.2, -0.15) is 0 Å². The lowest BCUT2D eigenvalue weighted by Crippen LogP contribution is -2.57. The molecule has 6 atom stereocenters. The molecular weight excluding hydrogens is 516 g/mol. The summed E-state index contributed by atoms with van der Waals surface area (Å²) in [6.07, 6.45) is 7.99. The van der Waals surface area contributed by atoms with Gasteiger partial charge in [-0.1, -0.05) is 41.4 Å². The molecule has 3 saturated heterocycles. The van der Waals surface area contributed by atoms with Gasteiger partial charge in [0.05, 0.1) is 24.5 Å². The van der Waals surface area contributed by atoms with Gasteiger partial charge >= 0.3 is 5.97 Å². The highest BCUT2D eigenvalue weighted by Gasteiger charge is 2.77. The van der Waals surface area contributed by atoms with Crippen LogP contribution in [-0.2, 0) is 23.9 Å². The predicted molar refractivity (Wildman–Crippen MR) is 136 cm³/mol. The maximum absolute atomic E-state index is 13.9. The lowest BCUT2D eigenvalue weighted by atomic mass is 9.70. The van der Waals surface area contributed by atoms with Crippen LogP contribution in [0.4, 0.5) is 0 Å². The number of allylic oxidation sites excluding steroid dienone is 1. The summed E-state index contributed by atoms with van der Waals surface area (Å²) in [7, 11) is 0. The van der Waals surface area contributed by atoms with Crippen LogP contribution >= 0.6 is 15.9 Å². The number of unbranched alkanes of at least 4 members (excludes halogenated alkanes) is 3. The Kier molecular flexibility index (Phi) is 9.95. The molecule has 2 amide bonds. The summed E-state index contributed by atoms with van der Waals surface area (Å²) in [4.78, 5) is 44.0. The Bertz CT molecular complexity index is 807. The number of carbonyl (C=O) groups excluding carboxylic acids is 3. The van der Waals surface area contributed by atoms with E-state index in [-0.39, 0.29) is 36.4 Å². The minimum absolute atomic E-state index is 0.102. The van der Waals surface area contributed by atoms with Gasteiger partial charge in [0.2, 0.25) is 11.8 Å². The number of likely N-dealkylation sites (tertiary alicyclic amines) is 1. The van der Waals surface area contributed by atoms with E-state index in [1.54, 1.807) is 11.0 Å². The Balaban J connectivity index is 1.90. The van der Waals surface area contributed by atoms with Crippen LogP contribution in [0.15, 0.2) is 25.3 Å². The number of alkyl halides is 1. The summed E-state index contributed by atoms with van der Waals surface area (Å²) in [6, 6.07) is -0.848. The van der Waals surface area contributed by atoms with E-state index in [1.165, 1.54) is 4.90 Å². The van der Waals surface area contributed by atoms with E-state index in [9.17, 15) is 19.5 Å². The average Bonchev–Trinajstić information content (AvgIpc) is 3.43. The van der Waals surface area contributed by atoms with Crippen molar-refractivity contribution in [2.24, 2.45) is 11.8 Å². The Hall–Kier alpha value is -1.71. The van der Waals surface area contributed by atoms with Crippen molar-refractivity contribution in [3.05, 3.63) is 25.3 Å². The van der Waals surface area contributed by atoms with Crippen molar-refractivity contribution >= 4 is 33.7 Å². The zero-order valence-electron chi connectivity index (χ0n) is 20.7. The molecule has 3 rings (SSSR count). The molecular formula is C26H39BrN2O6. The molecule has 3 heterocycles. The fourth-order valence-electron chi connectivity index (χ4n) is 5.79. The highest BCUT2D eigenvalue weighted by Crippen LogP contribution is 2.60. The highest BCUT2D eigenvalue weighted by molar-refractivity contribution is 9.09. The monoisotopic (exact) mass is 554 g/mol. The van der Waals surface area contributed by atoms with Gasteiger partial charge in [-0.15, -0.1) is 13.2 Å². The normalized spacial score (nSPS) is 30.9. The molecule has 3 aliphatic heterocycles. The zero-order chi connectivity index (χ0) is 25.6. The third kappa shape index (κ3) is 5.37. The van der Waals surface area contributed by atoms with Crippen molar-refractivity contribution in [3.8, 4) is 0 Å². The molecule has 1 N–H and O–H groups in total. The topological polar surface area (TPSA) is 96.4 Å². The van der Waals surface area contributed by atoms with Gasteiger partial charge in [-0.3, -0.25) is 14.4 Å². The number of amides is 2. The molecule has 2 bridgehead atoms. The van der Waals surface area contributed by atoms with Gasteiger partial charge < -0.3 is 24.4 Å². The quantitative estimate of drug-likeness (QED) is 0.145. The number of carbonyl (C=O) groups is 3. The number of hydrogen-bond donors (Lipinski definition) is 1. The number of aliphatic hydroxyl groups is 1. The van der Waals surface area contributed by atoms with Crippen molar-refractivity contribution in [3.63, 3.8) is 0 Å². The molecule has 0 saturated carbocycles. The van der Waals surface area contributed by atoms with Crippen LogP contribution in [-0.4, -0.2) is 88.1 Å². The van der Waals surface area contributed by atoms with Crippen molar-refractivity contribution in [1.29, 1.82) is 0 Å².